The third-order valence-corrected chi connectivity index (χ3v) is 5.32. The number of aromatic nitrogens is 1. The topological polar surface area (TPSA) is 76.7 Å². The average Bonchev–Trinajstić information content (AvgIpc) is 3.30. The maximum Gasteiger partial charge on any atom is 0.270 e. The summed E-state index contributed by atoms with van der Waals surface area (Å²) in [7, 11) is 1.77. The summed E-state index contributed by atoms with van der Waals surface area (Å²) in [6.45, 7) is 2.15. The Morgan fingerprint density at radius 1 is 1.07 bits per heavy atom. The van der Waals surface area contributed by atoms with Crippen LogP contribution in [0.3, 0.4) is 0 Å². The van der Waals surface area contributed by atoms with Crippen LogP contribution in [-0.2, 0) is 22.4 Å². The van der Waals surface area contributed by atoms with Gasteiger partial charge in [0.25, 0.3) is 5.91 Å². The van der Waals surface area contributed by atoms with E-state index >= 15 is 0 Å². The molecule has 1 aromatic heterocycles. The van der Waals surface area contributed by atoms with Crippen LogP contribution in [0.25, 0.3) is 0 Å². The molecule has 0 aliphatic carbocycles. The van der Waals surface area contributed by atoms with E-state index in [4.69, 9.17) is 0 Å². The van der Waals surface area contributed by atoms with Gasteiger partial charge in [-0.1, -0.05) is 12.1 Å². The van der Waals surface area contributed by atoms with Gasteiger partial charge in [-0.25, -0.2) is 0 Å². The van der Waals surface area contributed by atoms with Crippen LogP contribution in [-0.4, -0.2) is 65.7 Å². The average molecular weight is 366 g/mol. The molecule has 1 aromatic carbocycles. The number of benzene rings is 1. The van der Waals surface area contributed by atoms with Crippen molar-refractivity contribution in [3.8, 4) is 0 Å². The predicted octanol–water partition coefficient (Wildman–Crippen LogP) is 1.06. The van der Waals surface area contributed by atoms with Crippen LogP contribution in [0.4, 0.5) is 5.69 Å². The van der Waals surface area contributed by atoms with Gasteiger partial charge in [0.2, 0.25) is 11.8 Å². The summed E-state index contributed by atoms with van der Waals surface area (Å²) in [4.78, 5) is 45.0. The molecule has 4 rings (SSSR count). The fraction of sp³-hybridized carbons (Fsp3) is 0.350. The zero-order chi connectivity index (χ0) is 19.0. The number of nitrogens with zero attached hydrogens (tertiary/aromatic N) is 3. The summed E-state index contributed by atoms with van der Waals surface area (Å²) in [6, 6.07) is 9.34. The van der Waals surface area contributed by atoms with E-state index in [1.807, 2.05) is 23.1 Å². The van der Waals surface area contributed by atoms with Gasteiger partial charge in [0, 0.05) is 45.1 Å². The summed E-state index contributed by atoms with van der Waals surface area (Å²) in [5.41, 5.74) is 3.40. The second-order valence-corrected chi connectivity index (χ2v) is 7.03. The number of carbonyl (C=O) groups is 3. The number of H-pyrrole nitrogens is 1. The van der Waals surface area contributed by atoms with Crippen molar-refractivity contribution < 1.29 is 14.4 Å². The van der Waals surface area contributed by atoms with E-state index < -0.39 is 0 Å². The molecule has 140 valence electrons. The quantitative estimate of drug-likeness (QED) is 0.883. The number of hydrogen-bond donors (Lipinski definition) is 1. The normalized spacial score (nSPS) is 16.6. The monoisotopic (exact) mass is 366 g/mol. The molecule has 3 amide bonds. The van der Waals surface area contributed by atoms with E-state index in [-0.39, 0.29) is 17.7 Å². The molecular formula is C20H22N4O3. The molecule has 7 heteroatoms. The summed E-state index contributed by atoms with van der Waals surface area (Å²) in [5, 5.41) is 0. The summed E-state index contributed by atoms with van der Waals surface area (Å²) in [6.07, 6.45) is 2.44. The number of piperazine rings is 1. The number of aromatic amines is 1. The third-order valence-electron chi connectivity index (χ3n) is 5.32. The van der Waals surface area contributed by atoms with E-state index in [2.05, 4.69) is 4.98 Å². The number of hydrogen-bond acceptors (Lipinski definition) is 3. The summed E-state index contributed by atoms with van der Waals surface area (Å²) >= 11 is 0. The van der Waals surface area contributed by atoms with Crippen molar-refractivity contribution in [1.82, 2.24) is 14.8 Å². The Labute approximate surface area is 157 Å². The van der Waals surface area contributed by atoms with Gasteiger partial charge >= 0.3 is 0 Å². The Kier molecular flexibility index (Phi) is 4.43. The smallest absolute Gasteiger partial charge is 0.270 e. The van der Waals surface area contributed by atoms with Crippen LogP contribution < -0.4 is 4.90 Å². The van der Waals surface area contributed by atoms with Crippen molar-refractivity contribution in [2.24, 2.45) is 0 Å². The maximum absolute atomic E-state index is 12.6. The fourth-order valence-electron chi connectivity index (χ4n) is 3.71. The minimum atomic E-state index is -0.0282. The lowest BCUT2D eigenvalue weighted by atomic mass is 10.1. The first-order valence-corrected chi connectivity index (χ1v) is 9.12. The minimum absolute atomic E-state index is 0.0282. The molecule has 2 aromatic rings. The van der Waals surface area contributed by atoms with Crippen LogP contribution in [0.1, 0.15) is 21.6 Å². The van der Waals surface area contributed by atoms with Crippen molar-refractivity contribution in [1.29, 1.82) is 0 Å². The molecule has 27 heavy (non-hydrogen) atoms. The molecule has 0 radical (unpaired) electrons. The Hall–Kier alpha value is -3.09. The van der Waals surface area contributed by atoms with Crippen LogP contribution in [0.2, 0.25) is 0 Å². The molecule has 3 heterocycles. The van der Waals surface area contributed by atoms with Gasteiger partial charge in [0.05, 0.1) is 12.8 Å². The predicted molar refractivity (Wildman–Crippen MR) is 101 cm³/mol. The molecule has 0 spiro atoms. The Balaban J connectivity index is 1.35. The molecule has 7 nitrogen and oxygen atoms in total. The van der Waals surface area contributed by atoms with Crippen molar-refractivity contribution in [2.75, 3.05) is 38.1 Å². The Morgan fingerprint density at radius 2 is 1.81 bits per heavy atom. The summed E-state index contributed by atoms with van der Waals surface area (Å²) < 4.78 is 0. The standard InChI is InChI=1S/C20H22N4O3/c1-22-17-5-4-14(11-15(17)13-18(22)25)12-19(26)23-7-9-24(10-8-23)20(27)16-3-2-6-21-16/h2-6,11,21H,7-10,12-13H2,1H3. The lowest BCUT2D eigenvalue weighted by molar-refractivity contribution is -0.131. The Bertz CT molecular complexity index is 883. The number of carbonyl (C=O) groups excluding carboxylic acids is 3. The van der Waals surface area contributed by atoms with Gasteiger partial charge < -0.3 is 19.7 Å². The summed E-state index contributed by atoms with van der Waals surface area (Å²) in [5.74, 6) is 0.107. The highest BCUT2D eigenvalue weighted by molar-refractivity contribution is 6.01. The number of anilines is 1. The van der Waals surface area contributed by atoms with Crippen LogP contribution in [0.5, 0.6) is 0 Å². The van der Waals surface area contributed by atoms with E-state index in [9.17, 15) is 14.4 Å². The van der Waals surface area contributed by atoms with Crippen LogP contribution >= 0.6 is 0 Å². The van der Waals surface area contributed by atoms with E-state index in [1.165, 1.54) is 0 Å². The second-order valence-electron chi connectivity index (χ2n) is 7.03. The number of nitrogens with one attached hydrogen (secondary N) is 1. The van der Waals surface area contributed by atoms with E-state index in [1.54, 1.807) is 35.2 Å². The van der Waals surface area contributed by atoms with Crippen molar-refractivity contribution in [3.63, 3.8) is 0 Å². The zero-order valence-corrected chi connectivity index (χ0v) is 15.3. The van der Waals surface area contributed by atoms with Gasteiger partial charge in [-0.2, -0.15) is 0 Å². The molecule has 2 aliphatic rings. The van der Waals surface area contributed by atoms with Gasteiger partial charge in [-0.3, -0.25) is 14.4 Å². The minimum Gasteiger partial charge on any atom is -0.357 e. The number of fused-ring (bicyclic) bond motifs is 1. The lowest BCUT2D eigenvalue weighted by Gasteiger charge is -2.34. The first-order valence-electron chi connectivity index (χ1n) is 9.12. The first-order chi connectivity index (χ1) is 13.0. The molecule has 1 N–H and O–H groups in total. The molecule has 2 aliphatic heterocycles. The van der Waals surface area contributed by atoms with Crippen molar-refractivity contribution in [3.05, 3.63) is 53.3 Å². The van der Waals surface area contributed by atoms with Gasteiger partial charge in [0.15, 0.2) is 0 Å². The molecule has 1 fully saturated rings. The highest BCUT2D eigenvalue weighted by atomic mass is 16.2. The molecular weight excluding hydrogens is 344 g/mol. The molecule has 0 bridgehead atoms. The molecule has 1 saturated heterocycles. The third kappa shape index (κ3) is 3.32. The molecule has 0 saturated carbocycles. The number of amides is 3. The highest BCUT2D eigenvalue weighted by Gasteiger charge is 2.27. The maximum atomic E-state index is 12.6. The van der Waals surface area contributed by atoms with Crippen LogP contribution in [0.15, 0.2) is 36.5 Å². The van der Waals surface area contributed by atoms with E-state index in [0.717, 1.165) is 16.8 Å². The second kappa shape index (κ2) is 6.90. The molecule has 0 unspecified atom stereocenters. The van der Waals surface area contributed by atoms with E-state index in [0.29, 0.717) is 44.7 Å². The van der Waals surface area contributed by atoms with Gasteiger partial charge in [-0.15, -0.1) is 0 Å². The number of likely N-dealkylation sites (N-methyl/N-ethyl adjacent to an activating group) is 1. The lowest BCUT2D eigenvalue weighted by Crippen LogP contribution is -2.51. The van der Waals surface area contributed by atoms with Crippen molar-refractivity contribution >= 4 is 23.4 Å². The largest absolute Gasteiger partial charge is 0.357 e. The first kappa shape index (κ1) is 17.3. The SMILES string of the molecule is CN1C(=O)Cc2cc(CC(=O)N3CCN(C(=O)c4ccc[nH]4)CC3)ccc21. The zero-order valence-electron chi connectivity index (χ0n) is 15.3. The molecule has 0 atom stereocenters. The highest BCUT2D eigenvalue weighted by Crippen LogP contribution is 2.28. The number of rotatable bonds is 3. The Morgan fingerprint density at radius 3 is 2.52 bits per heavy atom. The van der Waals surface area contributed by atoms with Crippen molar-refractivity contribution in [2.45, 2.75) is 12.8 Å². The fourth-order valence-corrected chi connectivity index (χ4v) is 3.71. The van der Waals surface area contributed by atoms with Gasteiger partial charge in [0.1, 0.15) is 5.69 Å². The van der Waals surface area contributed by atoms with Gasteiger partial charge in [-0.05, 0) is 29.3 Å². The van der Waals surface area contributed by atoms with Crippen LogP contribution in [0, 0.1) is 0 Å².